The highest BCUT2D eigenvalue weighted by molar-refractivity contribution is 5.69. The molecule has 100 valence electrons. The summed E-state index contributed by atoms with van der Waals surface area (Å²) in [5.41, 5.74) is 6.95. The molecule has 0 aromatic carbocycles. The van der Waals surface area contributed by atoms with Crippen LogP contribution in [-0.4, -0.2) is 35.1 Å². The Morgan fingerprint density at radius 3 is 3.11 bits per heavy atom. The van der Waals surface area contributed by atoms with Gasteiger partial charge < -0.3 is 11.1 Å². The van der Waals surface area contributed by atoms with E-state index in [2.05, 4.69) is 21.3 Å². The Hall–Kier alpha value is -1.80. The molecule has 0 spiro atoms. The number of hydrogen-bond donors (Lipinski definition) is 2. The van der Waals surface area contributed by atoms with Crippen molar-refractivity contribution in [2.75, 3.05) is 24.1 Å². The van der Waals surface area contributed by atoms with E-state index in [1.54, 1.807) is 12.3 Å². The van der Waals surface area contributed by atoms with Gasteiger partial charge in [-0.2, -0.15) is 5.26 Å². The van der Waals surface area contributed by atoms with Crippen molar-refractivity contribution in [2.45, 2.75) is 37.8 Å². The van der Waals surface area contributed by atoms with Crippen molar-refractivity contribution in [1.29, 1.82) is 5.26 Å². The van der Waals surface area contributed by atoms with E-state index in [-0.39, 0.29) is 0 Å². The van der Waals surface area contributed by atoms with E-state index in [1.807, 2.05) is 0 Å². The van der Waals surface area contributed by atoms with Gasteiger partial charge in [-0.15, -0.1) is 0 Å². The summed E-state index contributed by atoms with van der Waals surface area (Å²) in [5.74, 6) is 0.663. The number of nitrogen functional groups attached to an aromatic ring is 1. The number of nitrogens with zero attached hydrogens (tertiary/aromatic N) is 3. The van der Waals surface area contributed by atoms with E-state index in [0.29, 0.717) is 29.2 Å². The zero-order valence-electron chi connectivity index (χ0n) is 11.0. The molecule has 2 fully saturated rings. The monoisotopic (exact) mass is 257 g/mol. The number of rotatable bonds is 2. The number of nitrogens with two attached hydrogens (primary N) is 1. The first-order chi connectivity index (χ1) is 9.29. The first-order valence-corrected chi connectivity index (χ1v) is 6.95. The lowest BCUT2D eigenvalue weighted by atomic mass is 9.99. The largest absolute Gasteiger partial charge is 0.395 e. The number of anilines is 2. The van der Waals surface area contributed by atoms with Crippen molar-refractivity contribution in [3.63, 3.8) is 0 Å². The molecule has 3 heterocycles. The number of nitrogens with one attached hydrogen (secondary N) is 1. The van der Waals surface area contributed by atoms with Crippen molar-refractivity contribution in [3.8, 4) is 6.07 Å². The molecule has 19 heavy (non-hydrogen) atoms. The summed E-state index contributed by atoms with van der Waals surface area (Å²) >= 11 is 0. The molecule has 2 saturated heterocycles. The Bertz CT molecular complexity index is 507. The van der Waals surface area contributed by atoms with Gasteiger partial charge in [0.05, 0.1) is 11.3 Å². The summed E-state index contributed by atoms with van der Waals surface area (Å²) in [7, 11) is 0. The van der Waals surface area contributed by atoms with Crippen LogP contribution >= 0.6 is 0 Å². The molecule has 0 amide bonds. The van der Waals surface area contributed by atoms with Gasteiger partial charge in [0.15, 0.2) is 5.82 Å². The Kier molecular flexibility index (Phi) is 3.26. The smallest absolute Gasteiger partial charge is 0.150 e. The molecule has 0 saturated carbocycles. The van der Waals surface area contributed by atoms with Crippen molar-refractivity contribution >= 4 is 11.5 Å². The van der Waals surface area contributed by atoms with Gasteiger partial charge in [0.25, 0.3) is 0 Å². The maximum atomic E-state index is 9.00. The van der Waals surface area contributed by atoms with Crippen LogP contribution in [0.1, 0.15) is 31.2 Å². The number of aromatic nitrogens is 1. The lowest BCUT2D eigenvalue weighted by Crippen LogP contribution is -2.41. The van der Waals surface area contributed by atoms with E-state index in [0.717, 1.165) is 13.0 Å². The minimum atomic E-state index is 0.407. The minimum absolute atomic E-state index is 0.407. The van der Waals surface area contributed by atoms with Crippen LogP contribution in [0.4, 0.5) is 11.5 Å². The van der Waals surface area contributed by atoms with Crippen molar-refractivity contribution in [2.24, 2.45) is 0 Å². The van der Waals surface area contributed by atoms with Crippen molar-refractivity contribution in [1.82, 2.24) is 9.88 Å². The van der Waals surface area contributed by atoms with E-state index in [9.17, 15) is 0 Å². The number of piperidine rings is 1. The third kappa shape index (κ3) is 2.24. The quantitative estimate of drug-likeness (QED) is 0.841. The summed E-state index contributed by atoms with van der Waals surface area (Å²) in [4.78, 5) is 6.84. The second-order valence-corrected chi connectivity index (χ2v) is 5.37. The second-order valence-electron chi connectivity index (χ2n) is 5.37. The van der Waals surface area contributed by atoms with Crippen LogP contribution in [0.2, 0.25) is 0 Å². The van der Waals surface area contributed by atoms with Gasteiger partial charge in [0.2, 0.25) is 0 Å². The maximum absolute atomic E-state index is 9.00. The highest BCUT2D eigenvalue weighted by atomic mass is 15.2. The third-order valence-corrected chi connectivity index (χ3v) is 4.29. The van der Waals surface area contributed by atoms with Crippen LogP contribution in [0.15, 0.2) is 12.3 Å². The zero-order chi connectivity index (χ0) is 13.2. The van der Waals surface area contributed by atoms with Crippen LogP contribution < -0.4 is 11.1 Å². The average Bonchev–Trinajstić information content (AvgIpc) is 2.85. The van der Waals surface area contributed by atoms with Crippen LogP contribution in [0.25, 0.3) is 0 Å². The van der Waals surface area contributed by atoms with Crippen molar-refractivity contribution < 1.29 is 0 Å². The summed E-state index contributed by atoms with van der Waals surface area (Å²) in [5, 5.41) is 12.5. The normalized spacial score (nSPS) is 26.7. The molecule has 3 rings (SSSR count). The van der Waals surface area contributed by atoms with Gasteiger partial charge >= 0.3 is 0 Å². The van der Waals surface area contributed by atoms with Crippen LogP contribution in [0.5, 0.6) is 0 Å². The predicted molar refractivity (Wildman–Crippen MR) is 74.6 cm³/mol. The molecule has 0 bridgehead atoms. The fraction of sp³-hybridized carbons (Fsp3) is 0.571. The Morgan fingerprint density at radius 1 is 1.37 bits per heavy atom. The maximum Gasteiger partial charge on any atom is 0.150 e. The van der Waals surface area contributed by atoms with E-state index < -0.39 is 0 Å². The lowest BCUT2D eigenvalue weighted by molar-refractivity contribution is 0.192. The number of hydrogen-bond acceptors (Lipinski definition) is 5. The number of fused-ring (bicyclic) bond motifs is 1. The molecular formula is C14H19N5. The molecule has 3 N–H and O–H groups in total. The molecule has 0 radical (unpaired) electrons. The fourth-order valence-electron chi connectivity index (χ4n) is 3.28. The number of pyridine rings is 1. The topological polar surface area (TPSA) is 78.0 Å². The molecule has 5 nitrogen and oxygen atoms in total. The van der Waals surface area contributed by atoms with Gasteiger partial charge in [0.1, 0.15) is 6.07 Å². The van der Waals surface area contributed by atoms with Crippen LogP contribution in [0.3, 0.4) is 0 Å². The predicted octanol–water partition coefficient (Wildman–Crippen LogP) is 1.57. The van der Waals surface area contributed by atoms with E-state index in [4.69, 9.17) is 11.0 Å². The summed E-state index contributed by atoms with van der Waals surface area (Å²) in [6.45, 7) is 2.37. The highest BCUT2D eigenvalue weighted by Crippen LogP contribution is 2.30. The Labute approximate surface area is 113 Å². The lowest BCUT2D eigenvalue weighted by Gasteiger charge is -2.32. The van der Waals surface area contributed by atoms with Crippen LogP contribution in [-0.2, 0) is 0 Å². The Balaban J connectivity index is 1.77. The van der Waals surface area contributed by atoms with E-state index >= 15 is 0 Å². The first-order valence-electron chi connectivity index (χ1n) is 6.95. The second kappa shape index (κ2) is 5.06. The molecule has 5 heteroatoms. The zero-order valence-corrected chi connectivity index (χ0v) is 11.0. The molecule has 0 aliphatic carbocycles. The highest BCUT2D eigenvalue weighted by Gasteiger charge is 2.35. The van der Waals surface area contributed by atoms with Crippen molar-refractivity contribution in [3.05, 3.63) is 17.8 Å². The molecule has 1 aromatic rings. The molecule has 2 aliphatic heterocycles. The molecular weight excluding hydrogens is 238 g/mol. The van der Waals surface area contributed by atoms with Gasteiger partial charge in [0, 0.05) is 24.8 Å². The molecule has 2 unspecified atom stereocenters. The SMILES string of the molecule is N#Cc1ccnc(NC2CCN3CCCCC23)c1N. The molecule has 2 aliphatic rings. The molecule has 2 atom stereocenters. The standard InChI is InChI=1S/C14H19N5/c15-9-10-4-6-17-14(13(10)16)18-11-5-8-19-7-2-1-3-12(11)19/h4,6,11-12H,1-3,5,7-8,16H2,(H,17,18). The molecule has 1 aromatic heterocycles. The van der Waals surface area contributed by atoms with Gasteiger partial charge in [-0.25, -0.2) is 4.98 Å². The average molecular weight is 257 g/mol. The minimum Gasteiger partial charge on any atom is -0.395 e. The summed E-state index contributed by atoms with van der Waals surface area (Å²) in [6.07, 6.45) is 6.64. The van der Waals surface area contributed by atoms with Crippen LogP contribution in [0, 0.1) is 11.3 Å². The fourth-order valence-corrected chi connectivity index (χ4v) is 3.28. The van der Waals surface area contributed by atoms with Gasteiger partial charge in [-0.1, -0.05) is 6.42 Å². The summed E-state index contributed by atoms with van der Waals surface area (Å²) < 4.78 is 0. The Morgan fingerprint density at radius 2 is 2.26 bits per heavy atom. The van der Waals surface area contributed by atoms with Gasteiger partial charge in [-0.05, 0) is 31.9 Å². The van der Waals surface area contributed by atoms with Gasteiger partial charge in [-0.3, -0.25) is 4.90 Å². The summed E-state index contributed by atoms with van der Waals surface area (Å²) in [6, 6.07) is 4.76. The first kappa shape index (κ1) is 12.2. The van der Waals surface area contributed by atoms with E-state index in [1.165, 1.54) is 25.8 Å². The third-order valence-electron chi connectivity index (χ3n) is 4.29. The number of nitriles is 1.